The highest BCUT2D eigenvalue weighted by Crippen LogP contribution is 2.51. The van der Waals surface area contributed by atoms with Crippen molar-refractivity contribution in [2.45, 2.75) is 25.1 Å². The van der Waals surface area contributed by atoms with E-state index >= 15 is 4.39 Å². The van der Waals surface area contributed by atoms with Crippen molar-refractivity contribution in [3.63, 3.8) is 0 Å². The monoisotopic (exact) mass is 522 g/mol. The minimum atomic E-state index is -1.91. The van der Waals surface area contributed by atoms with Gasteiger partial charge >= 0.3 is 0 Å². The van der Waals surface area contributed by atoms with Crippen molar-refractivity contribution >= 4 is 40.7 Å². The van der Waals surface area contributed by atoms with Crippen LogP contribution in [0.3, 0.4) is 0 Å². The molecule has 6 rings (SSSR count). The molecule has 0 fully saturated rings. The summed E-state index contributed by atoms with van der Waals surface area (Å²) in [5, 5.41) is 15.5. The smallest absolute Gasteiger partial charge is 0.229 e. The number of aromatic amines is 1. The lowest BCUT2D eigenvalue weighted by Gasteiger charge is -2.38. The summed E-state index contributed by atoms with van der Waals surface area (Å²) in [5.41, 5.74) is 0.899. The number of halogens is 1. The van der Waals surface area contributed by atoms with Gasteiger partial charge in [0, 0.05) is 29.9 Å². The molecule has 5 aromatic rings. The van der Waals surface area contributed by atoms with Crippen LogP contribution in [-0.4, -0.2) is 37.1 Å². The number of hydrogen-bond donors (Lipinski definition) is 3. The van der Waals surface area contributed by atoms with Crippen LogP contribution in [0.15, 0.2) is 79.1 Å². The Kier molecular flexibility index (Phi) is 5.88. The Bertz CT molecular complexity index is 1720. The summed E-state index contributed by atoms with van der Waals surface area (Å²) in [4.78, 5) is 41.6. The van der Waals surface area contributed by atoms with Crippen molar-refractivity contribution < 1.29 is 19.1 Å². The maximum atomic E-state index is 15.9. The number of aliphatic hydroxyl groups is 1. The predicted octanol–water partition coefficient (Wildman–Crippen LogP) is 4.32. The summed E-state index contributed by atoms with van der Waals surface area (Å²) in [6.45, 7) is 1.38. The van der Waals surface area contributed by atoms with Gasteiger partial charge in [0.1, 0.15) is 23.9 Å². The summed E-state index contributed by atoms with van der Waals surface area (Å²) in [6.07, 6.45) is 3.79. The van der Waals surface area contributed by atoms with E-state index in [2.05, 4.69) is 25.3 Å². The molecule has 2 atom stereocenters. The van der Waals surface area contributed by atoms with Gasteiger partial charge in [-0.3, -0.25) is 10.1 Å². The standard InChI is InChI=1S/C29H23FN6O3/c1-17(38)14-18-6-4-9-24(26(18)30)36-25(16-37)20-7-2-3-8-21(20)29(36,39)19-10-11-22-23(15-19)34-28(33-22)35-27-31-12-5-13-32-27/h2-13,15-16,25,39H,14H2,1H3,(H2,31,32,33,34,35). The molecule has 0 spiro atoms. The van der Waals surface area contributed by atoms with E-state index in [1.807, 2.05) is 0 Å². The third-order valence-corrected chi connectivity index (χ3v) is 6.85. The Labute approximate surface area is 222 Å². The minimum Gasteiger partial charge on any atom is -0.363 e. The van der Waals surface area contributed by atoms with E-state index in [4.69, 9.17) is 0 Å². The molecule has 3 heterocycles. The molecule has 39 heavy (non-hydrogen) atoms. The number of rotatable bonds is 7. The molecular weight excluding hydrogens is 499 g/mol. The Balaban J connectivity index is 1.51. The van der Waals surface area contributed by atoms with Crippen LogP contribution >= 0.6 is 0 Å². The topological polar surface area (TPSA) is 124 Å². The van der Waals surface area contributed by atoms with Crippen molar-refractivity contribution in [3.05, 3.63) is 107 Å². The number of ketones is 1. The number of H-pyrrole nitrogens is 1. The minimum absolute atomic E-state index is 0.0119. The molecule has 0 bridgehead atoms. The van der Waals surface area contributed by atoms with Gasteiger partial charge in [0.15, 0.2) is 5.72 Å². The van der Waals surface area contributed by atoms with Gasteiger partial charge in [0.05, 0.1) is 16.7 Å². The van der Waals surface area contributed by atoms with E-state index in [-0.39, 0.29) is 23.5 Å². The highest BCUT2D eigenvalue weighted by molar-refractivity contribution is 5.83. The average molecular weight is 523 g/mol. The number of nitrogens with one attached hydrogen (secondary N) is 2. The quantitative estimate of drug-likeness (QED) is 0.270. The summed E-state index contributed by atoms with van der Waals surface area (Å²) >= 11 is 0. The number of nitrogens with zero attached hydrogens (tertiary/aromatic N) is 4. The van der Waals surface area contributed by atoms with Crippen molar-refractivity contribution in [2.75, 3.05) is 10.2 Å². The number of fused-ring (bicyclic) bond motifs is 2. The van der Waals surface area contributed by atoms with Crippen LogP contribution in [0.4, 0.5) is 22.0 Å². The van der Waals surface area contributed by atoms with Crippen LogP contribution in [0.5, 0.6) is 0 Å². The van der Waals surface area contributed by atoms with E-state index in [1.54, 1.807) is 67.0 Å². The molecule has 3 aromatic carbocycles. The fourth-order valence-corrected chi connectivity index (χ4v) is 5.21. The van der Waals surface area contributed by atoms with E-state index in [9.17, 15) is 14.7 Å². The normalized spacial score (nSPS) is 18.2. The number of carbonyl (C=O) groups is 2. The highest BCUT2D eigenvalue weighted by atomic mass is 19.1. The second-order valence-corrected chi connectivity index (χ2v) is 9.35. The number of carbonyl (C=O) groups excluding carboxylic acids is 2. The summed E-state index contributed by atoms with van der Waals surface area (Å²) in [5.74, 6) is -0.102. The Hall–Kier alpha value is -4.96. The molecule has 10 heteroatoms. The molecule has 2 aromatic heterocycles. The molecule has 1 aliphatic rings. The number of hydrogen-bond acceptors (Lipinski definition) is 8. The molecule has 194 valence electrons. The second kappa shape index (κ2) is 9.41. The van der Waals surface area contributed by atoms with Crippen molar-refractivity contribution in [1.82, 2.24) is 19.9 Å². The van der Waals surface area contributed by atoms with Crippen LogP contribution < -0.4 is 10.2 Å². The van der Waals surface area contributed by atoms with Crippen LogP contribution in [0, 0.1) is 5.82 Å². The molecule has 2 unspecified atom stereocenters. The first-order valence-corrected chi connectivity index (χ1v) is 12.3. The lowest BCUT2D eigenvalue weighted by atomic mass is 9.93. The van der Waals surface area contributed by atoms with Crippen molar-refractivity contribution in [2.24, 2.45) is 0 Å². The van der Waals surface area contributed by atoms with Crippen LogP contribution in [-0.2, 0) is 21.7 Å². The van der Waals surface area contributed by atoms with Gasteiger partial charge in [-0.2, -0.15) is 0 Å². The molecular formula is C29H23FN6O3. The number of anilines is 3. The van der Waals surface area contributed by atoms with Gasteiger partial charge in [-0.25, -0.2) is 19.3 Å². The fraction of sp³-hybridized carbons (Fsp3) is 0.138. The largest absolute Gasteiger partial charge is 0.363 e. The number of benzene rings is 3. The van der Waals surface area contributed by atoms with Gasteiger partial charge in [0.2, 0.25) is 11.9 Å². The zero-order valence-corrected chi connectivity index (χ0v) is 20.8. The fourth-order valence-electron chi connectivity index (χ4n) is 5.21. The van der Waals surface area contributed by atoms with Gasteiger partial charge in [-0.1, -0.05) is 42.5 Å². The first-order valence-electron chi connectivity index (χ1n) is 12.3. The lowest BCUT2D eigenvalue weighted by molar-refractivity contribution is -0.116. The van der Waals surface area contributed by atoms with Gasteiger partial charge in [-0.05, 0) is 42.3 Å². The SMILES string of the molecule is CC(=O)Cc1cccc(N2C(C=O)c3ccccc3C2(O)c2ccc3nc(Nc4ncccn4)[nH]c3c2)c1F. The van der Waals surface area contributed by atoms with Gasteiger partial charge in [0.25, 0.3) is 0 Å². The first kappa shape index (κ1) is 24.4. The lowest BCUT2D eigenvalue weighted by Crippen LogP contribution is -2.44. The number of imidazole rings is 1. The third-order valence-electron chi connectivity index (χ3n) is 6.85. The zero-order valence-electron chi connectivity index (χ0n) is 20.8. The van der Waals surface area contributed by atoms with Crippen LogP contribution in [0.25, 0.3) is 11.0 Å². The molecule has 3 N–H and O–H groups in total. The van der Waals surface area contributed by atoms with E-state index < -0.39 is 17.6 Å². The Morgan fingerprint density at radius 3 is 2.69 bits per heavy atom. The summed E-state index contributed by atoms with van der Waals surface area (Å²) in [6, 6.07) is 17.5. The second-order valence-electron chi connectivity index (χ2n) is 9.35. The average Bonchev–Trinajstić information content (AvgIpc) is 3.46. The van der Waals surface area contributed by atoms with Crippen molar-refractivity contribution in [1.29, 1.82) is 0 Å². The Morgan fingerprint density at radius 2 is 1.92 bits per heavy atom. The first-order chi connectivity index (χ1) is 18.9. The van der Waals surface area contributed by atoms with E-state index in [0.29, 0.717) is 45.9 Å². The van der Waals surface area contributed by atoms with E-state index in [1.165, 1.54) is 24.0 Å². The highest BCUT2D eigenvalue weighted by Gasteiger charge is 2.51. The number of aldehydes is 1. The predicted molar refractivity (Wildman–Crippen MR) is 143 cm³/mol. The number of Topliss-reactive ketones (excluding diaryl/α,β-unsaturated/α-hetero) is 1. The van der Waals surface area contributed by atoms with Gasteiger partial charge < -0.3 is 19.8 Å². The maximum Gasteiger partial charge on any atom is 0.229 e. The summed E-state index contributed by atoms with van der Waals surface area (Å²) < 4.78 is 15.9. The maximum absolute atomic E-state index is 15.9. The molecule has 0 saturated carbocycles. The van der Waals surface area contributed by atoms with Crippen LogP contribution in [0.2, 0.25) is 0 Å². The molecule has 9 nitrogen and oxygen atoms in total. The Morgan fingerprint density at radius 1 is 1.13 bits per heavy atom. The molecule has 0 saturated heterocycles. The number of aromatic nitrogens is 4. The van der Waals surface area contributed by atoms with Gasteiger partial charge in [-0.15, -0.1) is 0 Å². The molecule has 1 aliphatic heterocycles. The van der Waals surface area contributed by atoms with E-state index in [0.717, 1.165) is 0 Å². The molecule has 0 aliphatic carbocycles. The van der Waals surface area contributed by atoms with Crippen LogP contribution in [0.1, 0.15) is 35.2 Å². The molecule has 0 amide bonds. The van der Waals surface area contributed by atoms with Crippen molar-refractivity contribution in [3.8, 4) is 0 Å². The zero-order chi connectivity index (χ0) is 27.1. The third kappa shape index (κ3) is 4.02. The molecule has 0 radical (unpaired) electrons. The summed E-state index contributed by atoms with van der Waals surface area (Å²) in [7, 11) is 0.